The summed E-state index contributed by atoms with van der Waals surface area (Å²) < 4.78 is 12.8. The molecule has 1 saturated heterocycles. The van der Waals surface area contributed by atoms with Crippen molar-refractivity contribution in [2.45, 2.75) is 25.3 Å². The Bertz CT molecular complexity index is 343. The van der Waals surface area contributed by atoms with Gasteiger partial charge in [-0.05, 0) is 32.5 Å². The highest BCUT2D eigenvalue weighted by Crippen LogP contribution is 2.16. The molecule has 1 unspecified atom stereocenters. The van der Waals surface area contributed by atoms with E-state index in [1.807, 2.05) is 0 Å². The van der Waals surface area contributed by atoms with Gasteiger partial charge >= 0.3 is 0 Å². The lowest BCUT2D eigenvalue weighted by atomic mass is 10.0. The lowest BCUT2D eigenvalue weighted by molar-refractivity contribution is 0.194. The van der Waals surface area contributed by atoms with Gasteiger partial charge in [0.15, 0.2) is 0 Å². The molecule has 2 heterocycles. The number of aromatic nitrogens is 1. The van der Waals surface area contributed by atoms with E-state index < -0.39 is 5.95 Å². The van der Waals surface area contributed by atoms with E-state index in [-0.39, 0.29) is 0 Å². The molecule has 1 N–H and O–H groups in total. The van der Waals surface area contributed by atoms with Crippen molar-refractivity contribution in [3.8, 4) is 0 Å². The smallest absolute Gasteiger partial charge is 0.214 e. The van der Waals surface area contributed by atoms with Gasteiger partial charge in [-0.3, -0.25) is 0 Å². The van der Waals surface area contributed by atoms with Crippen LogP contribution in [0.3, 0.4) is 0 Å². The SMILES string of the molecule is CN1CCCCC1CNc1ccnc(F)c1. The van der Waals surface area contributed by atoms with Crippen molar-refractivity contribution in [3.63, 3.8) is 0 Å². The second-order valence-electron chi connectivity index (χ2n) is 4.38. The summed E-state index contributed by atoms with van der Waals surface area (Å²) in [6.45, 7) is 2.04. The first-order valence-electron chi connectivity index (χ1n) is 5.81. The summed E-state index contributed by atoms with van der Waals surface area (Å²) in [7, 11) is 2.15. The molecule has 3 nitrogen and oxygen atoms in total. The van der Waals surface area contributed by atoms with E-state index in [1.165, 1.54) is 31.5 Å². The van der Waals surface area contributed by atoms with Crippen LogP contribution in [0.2, 0.25) is 0 Å². The van der Waals surface area contributed by atoms with Gasteiger partial charge in [-0.2, -0.15) is 4.39 Å². The van der Waals surface area contributed by atoms with E-state index in [9.17, 15) is 4.39 Å². The minimum atomic E-state index is -0.429. The highest BCUT2D eigenvalue weighted by atomic mass is 19.1. The first-order chi connectivity index (χ1) is 7.75. The molecule has 1 aromatic rings. The van der Waals surface area contributed by atoms with Crippen molar-refractivity contribution in [1.29, 1.82) is 0 Å². The Hall–Kier alpha value is -1.16. The Balaban J connectivity index is 1.86. The van der Waals surface area contributed by atoms with Crippen molar-refractivity contribution in [3.05, 3.63) is 24.3 Å². The zero-order valence-corrected chi connectivity index (χ0v) is 9.62. The van der Waals surface area contributed by atoms with Gasteiger partial charge in [0.05, 0.1) is 0 Å². The summed E-state index contributed by atoms with van der Waals surface area (Å²) >= 11 is 0. The number of hydrogen-bond acceptors (Lipinski definition) is 3. The summed E-state index contributed by atoms with van der Waals surface area (Å²) in [6, 6.07) is 3.79. The molecule has 0 amide bonds. The maximum atomic E-state index is 12.8. The first-order valence-corrected chi connectivity index (χ1v) is 5.81. The van der Waals surface area contributed by atoms with Gasteiger partial charge in [0.1, 0.15) is 0 Å². The van der Waals surface area contributed by atoms with Crippen molar-refractivity contribution in [1.82, 2.24) is 9.88 Å². The molecule has 1 aliphatic rings. The van der Waals surface area contributed by atoms with Crippen LogP contribution in [-0.4, -0.2) is 36.1 Å². The molecule has 16 heavy (non-hydrogen) atoms. The second-order valence-corrected chi connectivity index (χ2v) is 4.38. The Labute approximate surface area is 95.7 Å². The zero-order valence-electron chi connectivity index (χ0n) is 9.62. The van der Waals surface area contributed by atoms with Crippen molar-refractivity contribution >= 4 is 5.69 Å². The lowest BCUT2D eigenvalue weighted by Gasteiger charge is -2.32. The third-order valence-electron chi connectivity index (χ3n) is 3.19. The van der Waals surface area contributed by atoms with Gasteiger partial charge in [-0.15, -0.1) is 0 Å². The predicted molar refractivity (Wildman–Crippen MR) is 63.0 cm³/mol. The van der Waals surface area contributed by atoms with Crippen LogP contribution in [0.4, 0.5) is 10.1 Å². The number of hydrogen-bond donors (Lipinski definition) is 1. The lowest BCUT2D eigenvalue weighted by Crippen LogP contribution is -2.40. The third-order valence-corrected chi connectivity index (χ3v) is 3.19. The predicted octanol–water partition coefficient (Wildman–Crippen LogP) is 2.12. The molecular formula is C12H18FN3. The van der Waals surface area contributed by atoms with Crippen LogP contribution >= 0.6 is 0 Å². The average molecular weight is 223 g/mol. The van der Waals surface area contributed by atoms with Crippen LogP contribution in [0.5, 0.6) is 0 Å². The molecule has 2 rings (SSSR count). The normalized spacial score (nSPS) is 22.0. The summed E-state index contributed by atoms with van der Waals surface area (Å²) in [6.07, 6.45) is 5.29. The number of piperidine rings is 1. The molecule has 1 atom stereocenters. The van der Waals surface area contributed by atoms with Crippen LogP contribution in [-0.2, 0) is 0 Å². The van der Waals surface area contributed by atoms with E-state index in [2.05, 4.69) is 22.2 Å². The Kier molecular flexibility index (Phi) is 3.72. The van der Waals surface area contributed by atoms with Gasteiger partial charge in [0.25, 0.3) is 0 Å². The van der Waals surface area contributed by atoms with Crippen LogP contribution < -0.4 is 5.32 Å². The molecule has 0 bridgehead atoms. The monoisotopic (exact) mass is 223 g/mol. The maximum Gasteiger partial charge on any atom is 0.214 e. The molecule has 0 spiro atoms. The standard InChI is InChI=1S/C12H18FN3/c1-16-7-3-2-4-11(16)9-15-10-5-6-14-12(13)8-10/h5-6,8,11H,2-4,7,9H2,1H3,(H,14,15). The molecule has 88 valence electrons. The van der Waals surface area contributed by atoms with Crippen molar-refractivity contribution in [2.75, 3.05) is 25.5 Å². The summed E-state index contributed by atoms with van der Waals surface area (Å²) in [5.74, 6) is -0.429. The number of rotatable bonds is 3. The molecule has 1 aromatic heterocycles. The number of halogens is 1. The largest absolute Gasteiger partial charge is 0.383 e. The van der Waals surface area contributed by atoms with Crippen LogP contribution in [0.15, 0.2) is 18.3 Å². The van der Waals surface area contributed by atoms with E-state index in [4.69, 9.17) is 0 Å². The van der Waals surface area contributed by atoms with E-state index in [0.29, 0.717) is 6.04 Å². The topological polar surface area (TPSA) is 28.2 Å². The Morgan fingerprint density at radius 2 is 2.44 bits per heavy atom. The number of likely N-dealkylation sites (N-methyl/N-ethyl adjacent to an activating group) is 1. The molecule has 0 saturated carbocycles. The van der Waals surface area contributed by atoms with Crippen LogP contribution in [0.1, 0.15) is 19.3 Å². The van der Waals surface area contributed by atoms with Crippen LogP contribution in [0.25, 0.3) is 0 Å². The second kappa shape index (κ2) is 5.25. The fourth-order valence-corrected chi connectivity index (χ4v) is 2.15. The number of anilines is 1. The Morgan fingerprint density at radius 3 is 3.19 bits per heavy atom. The summed E-state index contributed by atoms with van der Waals surface area (Å²) in [5.41, 5.74) is 0.812. The van der Waals surface area contributed by atoms with Gasteiger partial charge in [0.2, 0.25) is 5.95 Å². The molecule has 0 aliphatic carbocycles. The molecule has 0 radical (unpaired) electrons. The van der Waals surface area contributed by atoms with E-state index in [1.54, 1.807) is 6.07 Å². The minimum Gasteiger partial charge on any atom is -0.383 e. The van der Waals surface area contributed by atoms with Gasteiger partial charge in [-0.25, -0.2) is 4.98 Å². The van der Waals surface area contributed by atoms with Crippen LogP contribution in [0, 0.1) is 5.95 Å². The highest BCUT2D eigenvalue weighted by molar-refractivity contribution is 5.41. The average Bonchev–Trinajstić information content (AvgIpc) is 2.28. The number of likely N-dealkylation sites (tertiary alicyclic amines) is 1. The molecule has 1 aliphatic heterocycles. The molecular weight excluding hydrogens is 205 g/mol. The fraction of sp³-hybridized carbons (Fsp3) is 0.583. The minimum absolute atomic E-state index is 0.429. The maximum absolute atomic E-state index is 12.8. The molecule has 0 aromatic carbocycles. The Morgan fingerprint density at radius 1 is 1.56 bits per heavy atom. The quantitative estimate of drug-likeness (QED) is 0.795. The summed E-state index contributed by atoms with van der Waals surface area (Å²) in [4.78, 5) is 5.90. The van der Waals surface area contributed by atoms with E-state index >= 15 is 0 Å². The molecule has 1 fully saturated rings. The summed E-state index contributed by atoms with van der Waals surface area (Å²) in [5, 5.41) is 3.26. The van der Waals surface area contributed by atoms with Gasteiger partial charge < -0.3 is 10.2 Å². The third kappa shape index (κ3) is 2.92. The first kappa shape index (κ1) is 11.3. The number of pyridine rings is 1. The van der Waals surface area contributed by atoms with Crippen molar-refractivity contribution < 1.29 is 4.39 Å². The van der Waals surface area contributed by atoms with Gasteiger partial charge in [0, 0.05) is 30.5 Å². The van der Waals surface area contributed by atoms with Gasteiger partial charge in [-0.1, -0.05) is 6.42 Å². The molecule has 4 heteroatoms. The fourth-order valence-electron chi connectivity index (χ4n) is 2.15. The number of nitrogens with zero attached hydrogens (tertiary/aromatic N) is 2. The number of nitrogens with one attached hydrogen (secondary N) is 1. The zero-order chi connectivity index (χ0) is 11.4. The van der Waals surface area contributed by atoms with Crippen molar-refractivity contribution in [2.24, 2.45) is 0 Å². The van der Waals surface area contributed by atoms with E-state index in [0.717, 1.165) is 18.8 Å². The highest BCUT2D eigenvalue weighted by Gasteiger charge is 2.18.